The van der Waals surface area contributed by atoms with E-state index in [1.165, 1.54) is 6.07 Å². The SMILES string of the molecule is COc1ccccc1CC(=O)Oc1ccc2c(C(C)C)cc(=O)oc2c1. The Balaban J connectivity index is 1.85. The molecule has 0 aliphatic rings. The fourth-order valence-electron chi connectivity index (χ4n) is 2.88. The van der Waals surface area contributed by atoms with Gasteiger partial charge in [0.2, 0.25) is 0 Å². The summed E-state index contributed by atoms with van der Waals surface area (Å²) in [5.41, 5.74) is 1.64. The molecule has 0 fully saturated rings. The summed E-state index contributed by atoms with van der Waals surface area (Å²) < 4.78 is 15.9. The van der Waals surface area contributed by atoms with Gasteiger partial charge in [-0.1, -0.05) is 32.0 Å². The molecule has 2 aromatic carbocycles. The molecule has 134 valence electrons. The first-order chi connectivity index (χ1) is 12.5. The Bertz CT molecular complexity index is 1000. The third-order valence-corrected chi connectivity index (χ3v) is 4.13. The standard InChI is InChI=1S/C21H20O5/c1-13(2)17-12-21(23)26-19-11-15(8-9-16(17)19)25-20(22)10-14-6-4-5-7-18(14)24-3/h4-9,11-13H,10H2,1-3H3. The van der Waals surface area contributed by atoms with Crippen molar-refractivity contribution in [3.63, 3.8) is 0 Å². The van der Waals surface area contributed by atoms with E-state index in [9.17, 15) is 9.59 Å². The smallest absolute Gasteiger partial charge is 0.336 e. The number of methoxy groups -OCH3 is 1. The van der Waals surface area contributed by atoms with Crippen LogP contribution in [0.4, 0.5) is 0 Å². The van der Waals surface area contributed by atoms with E-state index in [0.717, 1.165) is 16.5 Å². The highest BCUT2D eigenvalue weighted by Gasteiger charge is 2.13. The molecule has 5 nitrogen and oxygen atoms in total. The number of benzene rings is 2. The van der Waals surface area contributed by atoms with Gasteiger partial charge >= 0.3 is 11.6 Å². The molecule has 26 heavy (non-hydrogen) atoms. The van der Waals surface area contributed by atoms with Crippen LogP contribution in [0.3, 0.4) is 0 Å². The molecule has 1 heterocycles. The second-order valence-corrected chi connectivity index (χ2v) is 6.30. The van der Waals surface area contributed by atoms with Gasteiger partial charge in [0.05, 0.1) is 13.5 Å². The molecular formula is C21H20O5. The van der Waals surface area contributed by atoms with Crippen molar-refractivity contribution in [1.29, 1.82) is 0 Å². The zero-order valence-electron chi connectivity index (χ0n) is 14.9. The van der Waals surface area contributed by atoms with Gasteiger partial charge in [-0.05, 0) is 29.7 Å². The zero-order valence-corrected chi connectivity index (χ0v) is 14.9. The summed E-state index contributed by atoms with van der Waals surface area (Å²) in [5, 5.41) is 0.837. The van der Waals surface area contributed by atoms with Gasteiger partial charge in [-0.3, -0.25) is 4.79 Å². The van der Waals surface area contributed by atoms with E-state index in [0.29, 0.717) is 17.1 Å². The molecule has 0 radical (unpaired) electrons. The lowest BCUT2D eigenvalue weighted by molar-refractivity contribution is -0.133. The topological polar surface area (TPSA) is 65.7 Å². The summed E-state index contributed by atoms with van der Waals surface area (Å²) in [7, 11) is 1.56. The maximum Gasteiger partial charge on any atom is 0.336 e. The number of fused-ring (bicyclic) bond motifs is 1. The fraction of sp³-hybridized carbons (Fsp3) is 0.238. The predicted octanol–water partition coefficient (Wildman–Crippen LogP) is 4.07. The number of para-hydroxylation sites is 1. The lowest BCUT2D eigenvalue weighted by atomic mass is 10.00. The van der Waals surface area contributed by atoms with Gasteiger partial charge in [-0.2, -0.15) is 0 Å². The Hall–Kier alpha value is -3.08. The summed E-state index contributed by atoms with van der Waals surface area (Å²) in [4.78, 5) is 24.0. The van der Waals surface area contributed by atoms with Gasteiger partial charge in [-0.15, -0.1) is 0 Å². The Kier molecular flexibility index (Phi) is 5.07. The first-order valence-corrected chi connectivity index (χ1v) is 8.38. The van der Waals surface area contributed by atoms with Crippen molar-refractivity contribution in [2.75, 3.05) is 7.11 Å². The molecule has 0 bridgehead atoms. The molecule has 1 aromatic heterocycles. The van der Waals surface area contributed by atoms with Crippen molar-refractivity contribution >= 4 is 16.9 Å². The maximum atomic E-state index is 12.3. The summed E-state index contributed by atoms with van der Waals surface area (Å²) in [5.74, 6) is 0.730. The number of rotatable bonds is 5. The molecule has 0 aliphatic heterocycles. The summed E-state index contributed by atoms with van der Waals surface area (Å²) in [6.45, 7) is 4.02. The number of hydrogen-bond acceptors (Lipinski definition) is 5. The van der Waals surface area contributed by atoms with Gasteiger partial charge in [0, 0.05) is 23.1 Å². The van der Waals surface area contributed by atoms with E-state index < -0.39 is 11.6 Å². The number of esters is 1. The molecule has 0 aliphatic carbocycles. The average Bonchev–Trinajstić information content (AvgIpc) is 2.61. The predicted molar refractivity (Wildman–Crippen MR) is 98.9 cm³/mol. The van der Waals surface area contributed by atoms with Crippen LogP contribution >= 0.6 is 0 Å². The third kappa shape index (κ3) is 3.77. The minimum atomic E-state index is -0.420. The van der Waals surface area contributed by atoms with Crippen molar-refractivity contribution in [2.45, 2.75) is 26.2 Å². The Morgan fingerprint density at radius 3 is 2.62 bits per heavy atom. The average molecular weight is 352 g/mol. The quantitative estimate of drug-likeness (QED) is 0.393. The van der Waals surface area contributed by atoms with Crippen LogP contribution in [0.25, 0.3) is 11.0 Å². The van der Waals surface area contributed by atoms with Crippen LogP contribution in [0.5, 0.6) is 11.5 Å². The van der Waals surface area contributed by atoms with Crippen LogP contribution in [-0.2, 0) is 11.2 Å². The van der Waals surface area contributed by atoms with Crippen molar-refractivity contribution < 1.29 is 18.7 Å². The second-order valence-electron chi connectivity index (χ2n) is 6.30. The molecule has 3 aromatic rings. The molecule has 0 saturated carbocycles. The van der Waals surface area contributed by atoms with Crippen LogP contribution in [0.1, 0.15) is 30.9 Å². The van der Waals surface area contributed by atoms with E-state index in [1.54, 1.807) is 31.4 Å². The Morgan fingerprint density at radius 2 is 1.88 bits per heavy atom. The van der Waals surface area contributed by atoms with Crippen molar-refractivity contribution in [2.24, 2.45) is 0 Å². The zero-order chi connectivity index (χ0) is 18.7. The van der Waals surface area contributed by atoms with E-state index in [1.807, 2.05) is 32.0 Å². The molecule has 0 atom stereocenters. The second kappa shape index (κ2) is 7.44. The van der Waals surface area contributed by atoms with Gasteiger partial charge < -0.3 is 13.9 Å². The first kappa shape index (κ1) is 17.7. The minimum absolute atomic E-state index is 0.0814. The van der Waals surface area contributed by atoms with E-state index in [2.05, 4.69) is 0 Å². The summed E-state index contributed by atoms with van der Waals surface area (Å²) in [6.07, 6.45) is 0.0814. The monoisotopic (exact) mass is 352 g/mol. The molecule has 0 unspecified atom stereocenters. The molecule has 0 amide bonds. The van der Waals surface area contributed by atoms with E-state index >= 15 is 0 Å². The van der Waals surface area contributed by atoms with Crippen LogP contribution < -0.4 is 15.1 Å². The normalized spacial score (nSPS) is 10.9. The lowest BCUT2D eigenvalue weighted by Crippen LogP contribution is -2.12. The van der Waals surface area contributed by atoms with Crippen LogP contribution in [0.2, 0.25) is 0 Å². The first-order valence-electron chi connectivity index (χ1n) is 8.38. The molecule has 0 saturated heterocycles. The summed E-state index contributed by atoms with van der Waals surface area (Å²) in [6, 6.07) is 13.9. The Labute approximate surface area is 151 Å². The van der Waals surface area contributed by atoms with Gasteiger partial charge in [-0.25, -0.2) is 4.79 Å². The summed E-state index contributed by atoms with van der Waals surface area (Å²) >= 11 is 0. The van der Waals surface area contributed by atoms with Gasteiger partial charge in [0.25, 0.3) is 0 Å². The molecule has 3 rings (SSSR count). The van der Waals surface area contributed by atoms with Crippen LogP contribution in [-0.4, -0.2) is 13.1 Å². The van der Waals surface area contributed by atoms with Gasteiger partial charge in [0.15, 0.2) is 0 Å². The number of carbonyl (C=O) groups is 1. The van der Waals surface area contributed by atoms with Crippen LogP contribution in [0, 0.1) is 0 Å². The highest BCUT2D eigenvalue weighted by Crippen LogP contribution is 2.27. The molecule has 5 heteroatoms. The van der Waals surface area contributed by atoms with Crippen molar-refractivity contribution in [3.8, 4) is 11.5 Å². The highest BCUT2D eigenvalue weighted by atomic mass is 16.5. The Morgan fingerprint density at radius 1 is 1.12 bits per heavy atom. The van der Waals surface area contributed by atoms with Crippen molar-refractivity contribution in [1.82, 2.24) is 0 Å². The number of carbonyl (C=O) groups excluding carboxylic acids is 1. The largest absolute Gasteiger partial charge is 0.496 e. The highest BCUT2D eigenvalue weighted by molar-refractivity contribution is 5.83. The number of hydrogen-bond donors (Lipinski definition) is 0. The third-order valence-electron chi connectivity index (χ3n) is 4.13. The fourth-order valence-corrected chi connectivity index (χ4v) is 2.88. The van der Waals surface area contributed by atoms with E-state index in [-0.39, 0.29) is 12.3 Å². The van der Waals surface area contributed by atoms with Gasteiger partial charge in [0.1, 0.15) is 17.1 Å². The number of ether oxygens (including phenoxy) is 2. The molecule has 0 N–H and O–H groups in total. The molecule has 0 spiro atoms. The van der Waals surface area contributed by atoms with E-state index in [4.69, 9.17) is 13.9 Å². The lowest BCUT2D eigenvalue weighted by Gasteiger charge is -2.11. The molecular weight excluding hydrogens is 332 g/mol. The maximum absolute atomic E-state index is 12.3. The van der Waals surface area contributed by atoms with Crippen molar-refractivity contribution in [3.05, 3.63) is 70.1 Å². The van der Waals surface area contributed by atoms with Crippen LogP contribution in [0.15, 0.2) is 57.7 Å². The minimum Gasteiger partial charge on any atom is -0.496 e.